The average molecular weight is 537 g/mol. The van der Waals surface area contributed by atoms with Crippen LogP contribution in [0.25, 0.3) is 5.69 Å². The third kappa shape index (κ3) is 4.04. The van der Waals surface area contributed by atoms with Crippen LogP contribution in [0.1, 0.15) is 37.1 Å². The van der Waals surface area contributed by atoms with Gasteiger partial charge in [-0.2, -0.15) is 18.3 Å². The highest BCUT2D eigenvalue weighted by atomic mass is 127. The zero-order valence-electron chi connectivity index (χ0n) is 15.3. The molecule has 1 N–H and O–H groups in total. The van der Waals surface area contributed by atoms with E-state index in [2.05, 4.69) is 16.8 Å². The van der Waals surface area contributed by atoms with Crippen LogP contribution in [0.3, 0.4) is 0 Å². The molecule has 0 unspecified atom stereocenters. The predicted molar refractivity (Wildman–Crippen MR) is 107 cm³/mol. The van der Waals surface area contributed by atoms with Crippen molar-refractivity contribution >= 4 is 38.6 Å². The minimum Gasteiger partial charge on any atom is -0.322 e. The van der Waals surface area contributed by atoms with Gasteiger partial charge >= 0.3 is 6.18 Å². The molecule has 0 bridgehead atoms. The maximum Gasteiger partial charge on any atom is 0.435 e. The van der Waals surface area contributed by atoms with E-state index in [-0.39, 0.29) is 22.9 Å². The topological polar surface area (TPSA) is 71.6 Å². The van der Waals surface area contributed by atoms with Gasteiger partial charge in [0.1, 0.15) is 27.0 Å². The second-order valence-corrected chi connectivity index (χ2v) is 8.24. The van der Waals surface area contributed by atoms with Gasteiger partial charge in [0, 0.05) is 23.5 Å². The van der Waals surface area contributed by atoms with Crippen LogP contribution >= 0.6 is 21.3 Å². The molecule has 1 saturated carbocycles. The molecule has 1 fully saturated rings. The number of benzene rings is 1. The van der Waals surface area contributed by atoms with Gasteiger partial charge in [-0.15, -0.1) is 0 Å². The van der Waals surface area contributed by atoms with Crippen LogP contribution in [0.2, 0.25) is 0 Å². The van der Waals surface area contributed by atoms with Crippen molar-refractivity contribution in [2.75, 3.05) is 5.32 Å². The maximum atomic E-state index is 14.7. The van der Waals surface area contributed by atoms with Crippen molar-refractivity contribution in [3.63, 3.8) is 0 Å². The van der Waals surface area contributed by atoms with E-state index in [0.29, 0.717) is 23.2 Å². The molecule has 2 aliphatic rings. The first-order chi connectivity index (χ1) is 14.1. The molecule has 0 radical (unpaired) electrons. The summed E-state index contributed by atoms with van der Waals surface area (Å²) in [7, 11) is 0. The fourth-order valence-corrected chi connectivity index (χ4v) is 4.04. The quantitative estimate of drug-likeness (QED) is 0.419. The number of nitrogens with zero attached hydrogens (tertiary/aromatic N) is 4. The predicted octanol–water partition coefficient (Wildman–Crippen LogP) is 5.41. The first-order valence-corrected chi connectivity index (χ1v) is 10.6. The van der Waals surface area contributed by atoms with Crippen molar-refractivity contribution in [2.45, 2.75) is 31.9 Å². The van der Waals surface area contributed by atoms with Crippen molar-refractivity contribution in [2.24, 2.45) is 6.35 Å². The van der Waals surface area contributed by atoms with Gasteiger partial charge in [0.15, 0.2) is 17.3 Å². The van der Waals surface area contributed by atoms with Gasteiger partial charge in [-0.3, -0.25) is 4.79 Å². The number of rotatable bonds is 4. The standard InChI is InChI=1S/C18H13F5IN5O/c1-8-11(7-25-24-27-8)17(30)26-10-4-12(19)16(13(20)5-10)29-14(9-2-3-9)6-15(28-29)18(21,22)23/h4-7,9H,2-3H2,1H3,(H,26,30). The Morgan fingerprint density at radius 2 is 1.87 bits per heavy atom. The number of alkyl halides is 3. The number of halogens is 6. The summed E-state index contributed by atoms with van der Waals surface area (Å²) in [5, 5.41) is 5.75. The first kappa shape index (κ1) is 20.8. The lowest BCUT2D eigenvalue weighted by Gasteiger charge is -2.13. The third-order valence-corrected chi connectivity index (χ3v) is 6.00. The van der Waals surface area contributed by atoms with Gasteiger partial charge in [-0.1, -0.05) is 0 Å². The number of amides is 1. The van der Waals surface area contributed by atoms with Crippen molar-refractivity contribution in [1.29, 1.82) is 0 Å². The SMILES string of the molecule is CC1=NI=NC=C1C(=O)Nc1cc(F)c(-n2nc(C(F)(F)F)cc2C2CC2)c(F)c1. The van der Waals surface area contributed by atoms with Gasteiger partial charge in [-0.25, -0.2) is 19.8 Å². The summed E-state index contributed by atoms with van der Waals surface area (Å²) in [5.74, 6) is -3.18. The Bertz CT molecular complexity index is 1110. The lowest BCUT2D eigenvalue weighted by Crippen LogP contribution is -2.20. The van der Waals surface area contributed by atoms with Crippen LogP contribution in [0.4, 0.5) is 27.6 Å². The van der Waals surface area contributed by atoms with Crippen LogP contribution in [-0.2, 0) is 11.0 Å². The molecule has 158 valence electrons. The Labute approximate surface area is 177 Å². The molecule has 30 heavy (non-hydrogen) atoms. The smallest absolute Gasteiger partial charge is 0.322 e. The molecule has 0 saturated heterocycles. The van der Waals surface area contributed by atoms with Gasteiger partial charge in [0.05, 0.1) is 11.3 Å². The molecule has 6 nitrogen and oxygen atoms in total. The van der Waals surface area contributed by atoms with Crippen LogP contribution in [0.15, 0.2) is 36.3 Å². The normalized spacial score (nSPS) is 16.6. The lowest BCUT2D eigenvalue weighted by molar-refractivity contribution is -0.141. The van der Waals surface area contributed by atoms with Crippen LogP contribution in [-0.4, -0.2) is 21.4 Å². The minimum atomic E-state index is -4.74. The molecule has 12 heteroatoms. The second kappa shape index (κ2) is 7.63. The van der Waals surface area contributed by atoms with Crippen molar-refractivity contribution in [3.8, 4) is 5.69 Å². The minimum absolute atomic E-state index is 0.0982. The molecule has 1 aromatic heterocycles. The second-order valence-electron chi connectivity index (χ2n) is 6.77. The first-order valence-electron chi connectivity index (χ1n) is 8.72. The van der Waals surface area contributed by atoms with E-state index in [4.69, 9.17) is 0 Å². The van der Waals surface area contributed by atoms with E-state index >= 15 is 0 Å². The number of carbonyl (C=O) groups is 1. The molecule has 0 atom stereocenters. The summed E-state index contributed by atoms with van der Waals surface area (Å²) < 4.78 is 77.4. The van der Waals surface area contributed by atoms with Gasteiger partial charge < -0.3 is 5.32 Å². The monoisotopic (exact) mass is 537 g/mol. The van der Waals surface area contributed by atoms with Crippen LogP contribution < -0.4 is 5.32 Å². The number of anilines is 1. The third-order valence-electron chi connectivity index (χ3n) is 4.53. The number of carbonyl (C=O) groups excluding carboxylic acids is 1. The summed E-state index contributed by atoms with van der Waals surface area (Å²) in [6.45, 7) is 1.62. The van der Waals surface area contributed by atoms with Crippen molar-refractivity contribution in [1.82, 2.24) is 9.78 Å². The molecule has 2 aromatic rings. The molecule has 1 amide bonds. The molecular weight excluding hydrogens is 524 g/mol. The fraction of sp³-hybridized carbons (Fsp3) is 0.278. The zero-order chi connectivity index (χ0) is 21.6. The number of hydrogen-bond donors (Lipinski definition) is 1. The maximum absolute atomic E-state index is 14.7. The van der Waals surface area contributed by atoms with Gasteiger partial charge in [0.2, 0.25) is 0 Å². The summed E-state index contributed by atoms with van der Waals surface area (Å²) in [6, 6.07) is 2.49. The van der Waals surface area contributed by atoms with E-state index in [9.17, 15) is 26.7 Å². The lowest BCUT2D eigenvalue weighted by atomic mass is 10.1. The highest BCUT2D eigenvalue weighted by Gasteiger charge is 2.39. The average Bonchev–Trinajstić information content (AvgIpc) is 3.40. The molecule has 1 aliphatic carbocycles. The number of nitrogens with one attached hydrogen (secondary N) is 1. The van der Waals surface area contributed by atoms with Gasteiger partial charge in [-0.05, 0) is 38.0 Å². The molecule has 1 aliphatic heterocycles. The fourth-order valence-electron chi connectivity index (χ4n) is 2.93. The molecule has 2 heterocycles. The largest absolute Gasteiger partial charge is 0.435 e. The summed E-state index contributed by atoms with van der Waals surface area (Å²) in [6.07, 6.45) is -2.15. The summed E-state index contributed by atoms with van der Waals surface area (Å²) in [5.41, 5.74) is -1.39. The Morgan fingerprint density at radius 1 is 1.20 bits per heavy atom. The Balaban J connectivity index is 1.68. The van der Waals surface area contributed by atoms with Crippen molar-refractivity contribution in [3.05, 3.63) is 53.0 Å². The van der Waals surface area contributed by atoms with Gasteiger partial charge in [0.25, 0.3) is 5.91 Å². The number of hydrogen-bond acceptors (Lipinski definition) is 4. The van der Waals surface area contributed by atoms with E-state index in [1.165, 1.54) is 6.20 Å². The zero-order valence-corrected chi connectivity index (χ0v) is 17.4. The van der Waals surface area contributed by atoms with E-state index in [1.807, 2.05) is 0 Å². The Morgan fingerprint density at radius 3 is 2.43 bits per heavy atom. The summed E-state index contributed by atoms with van der Waals surface area (Å²) >= 11 is -0.744. The Hall–Kier alpha value is -2.51. The van der Waals surface area contributed by atoms with E-state index in [0.717, 1.165) is 18.2 Å². The van der Waals surface area contributed by atoms with E-state index in [1.54, 1.807) is 6.92 Å². The van der Waals surface area contributed by atoms with Crippen LogP contribution in [0.5, 0.6) is 0 Å². The molecule has 4 rings (SSSR count). The van der Waals surface area contributed by atoms with Crippen molar-refractivity contribution < 1.29 is 26.7 Å². The highest BCUT2D eigenvalue weighted by Crippen LogP contribution is 2.43. The highest BCUT2D eigenvalue weighted by molar-refractivity contribution is 14.1. The molecule has 1 aromatic carbocycles. The molecular formula is C18H13F5IN5O. The van der Waals surface area contributed by atoms with Crippen LogP contribution in [0, 0.1) is 11.6 Å². The Kier molecular flexibility index (Phi) is 5.28. The molecule has 0 spiro atoms. The summed E-state index contributed by atoms with van der Waals surface area (Å²) in [4.78, 5) is 12.3. The van der Waals surface area contributed by atoms with E-state index < -0.39 is 56.4 Å². The number of aromatic nitrogens is 2.